The van der Waals surface area contributed by atoms with Gasteiger partial charge in [0.2, 0.25) is 0 Å². The number of carbonyl (C=O) groups is 1. The van der Waals surface area contributed by atoms with Crippen molar-refractivity contribution in [3.8, 4) is 0 Å². The van der Waals surface area contributed by atoms with Gasteiger partial charge in [-0.1, -0.05) is 0 Å². The number of hydrogen-bond acceptors (Lipinski definition) is 3. The van der Waals surface area contributed by atoms with Crippen molar-refractivity contribution in [2.75, 3.05) is 5.73 Å². The highest BCUT2D eigenvalue weighted by Gasteiger charge is 2.17. The Kier molecular flexibility index (Phi) is 2.92. The van der Waals surface area contributed by atoms with E-state index in [1.807, 2.05) is 0 Å². The topological polar surface area (TPSA) is 56.0 Å². The van der Waals surface area contributed by atoms with Crippen molar-refractivity contribution in [3.05, 3.63) is 21.9 Å². The van der Waals surface area contributed by atoms with Gasteiger partial charge in [-0.3, -0.25) is 9.78 Å². The summed E-state index contributed by atoms with van der Waals surface area (Å²) >= 11 is 2.85. The van der Waals surface area contributed by atoms with E-state index in [2.05, 4.69) is 20.9 Å². The fourth-order valence-electron chi connectivity index (χ4n) is 0.776. The lowest BCUT2D eigenvalue weighted by Gasteiger charge is -2.06. The van der Waals surface area contributed by atoms with Gasteiger partial charge in [0.1, 0.15) is 5.69 Å². The van der Waals surface area contributed by atoms with Crippen molar-refractivity contribution in [3.63, 3.8) is 0 Å². The number of aromatic nitrogens is 1. The summed E-state index contributed by atoms with van der Waals surface area (Å²) in [6, 6.07) is 0. The number of anilines is 1. The molecule has 0 fully saturated rings. The Bertz CT molecular complexity index is 344. The first-order valence-corrected chi connectivity index (χ1v) is 4.04. The largest absolute Gasteiger partial charge is 0.397 e. The van der Waals surface area contributed by atoms with Crippen LogP contribution in [0.2, 0.25) is 0 Å². The fraction of sp³-hybridized carbons (Fsp3) is 0.143. The van der Waals surface area contributed by atoms with Crippen LogP contribution in [-0.2, 0) is 0 Å². The minimum absolute atomic E-state index is 0.0136. The average Bonchev–Trinajstić information content (AvgIpc) is 2.09. The minimum atomic E-state index is -2.71. The molecule has 0 unspecified atom stereocenters. The second-order valence-corrected chi connectivity index (χ2v) is 3.04. The van der Waals surface area contributed by atoms with Crippen molar-refractivity contribution in [2.24, 2.45) is 0 Å². The molecule has 0 aromatic carbocycles. The normalized spacial score (nSPS) is 10.5. The molecule has 0 amide bonds. The Hall–Kier alpha value is -1.04. The third-order valence-corrected chi connectivity index (χ3v) is 2.28. The lowest BCUT2D eigenvalue weighted by atomic mass is 10.2. The molecule has 0 saturated heterocycles. The molecule has 1 rings (SSSR count). The van der Waals surface area contributed by atoms with Crippen LogP contribution in [-0.4, -0.2) is 11.3 Å². The maximum Gasteiger partial charge on any atom is 0.281 e. The Balaban J connectivity index is 3.31. The van der Waals surface area contributed by atoms with E-state index in [-0.39, 0.29) is 15.7 Å². The predicted molar refractivity (Wildman–Crippen MR) is 46.7 cm³/mol. The molecule has 3 nitrogen and oxygen atoms in total. The molecule has 0 aliphatic rings. The van der Waals surface area contributed by atoms with E-state index in [0.29, 0.717) is 6.29 Å². The molecule has 13 heavy (non-hydrogen) atoms. The molecule has 0 spiro atoms. The maximum atomic E-state index is 12.2. The number of pyridine rings is 1. The summed E-state index contributed by atoms with van der Waals surface area (Å²) in [6.07, 6.45) is -1.23. The maximum absolute atomic E-state index is 12.2. The van der Waals surface area contributed by atoms with E-state index in [9.17, 15) is 13.6 Å². The van der Waals surface area contributed by atoms with Crippen LogP contribution < -0.4 is 5.73 Å². The van der Waals surface area contributed by atoms with Gasteiger partial charge in [0, 0.05) is 6.20 Å². The zero-order valence-electron chi connectivity index (χ0n) is 6.30. The summed E-state index contributed by atoms with van der Waals surface area (Å²) in [7, 11) is 0. The second kappa shape index (κ2) is 3.78. The summed E-state index contributed by atoms with van der Waals surface area (Å²) in [5.74, 6) is 0. The standard InChI is InChI=1S/C7H5BrF2N2O/c8-4-5(11)3(2-13)1-12-6(4)7(9)10/h1-2,7H,(H2,11,12). The summed E-state index contributed by atoms with van der Waals surface area (Å²) in [5, 5.41) is 0. The van der Waals surface area contributed by atoms with E-state index in [1.165, 1.54) is 0 Å². The van der Waals surface area contributed by atoms with Crippen LogP contribution in [0.1, 0.15) is 22.5 Å². The minimum Gasteiger partial charge on any atom is -0.397 e. The zero-order chi connectivity index (χ0) is 10.0. The molecular weight excluding hydrogens is 246 g/mol. The smallest absolute Gasteiger partial charge is 0.281 e. The van der Waals surface area contributed by atoms with Gasteiger partial charge in [-0.25, -0.2) is 8.78 Å². The highest BCUT2D eigenvalue weighted by molar-refractivity contribution is 9.10. The van der Waals surface area contributed by atoms with Gasteiger partial charge >= 0.3 is 0 Å². The summed E-state index contributed by atoms with van der Waals surface area (Å²) < 4.78 is 24.4. The molecule has 0 saturated carbocycles. The van der Waals surface area contributed by atoms with Gasteiger partial charge in [0.05, 0.1) is 15.7 Å². The predicted octanol–water partition coefficient (Wildman–Crippen LogP) is 2.18. The third-order valence-electron chi connectivity index (χ3n) is 1.45. The van der Waals surface area contributed by atoms with E-state index in [0.717, 1.165) is 6.20 Å². The van der Waals surface area contributed by atoms with Crippen molar-refractivity contribution in [1.82, 2.24) is 4.98 Å². The van der Waals surface area contributed by atoms with Crippen LogP contribution in [0, 0.1) is 0 Å². The first-order valence-electron chi connectivity index (χ1n) is 3.25. The molecule has 0 atom stereocenters. The van der Waals surface area contributed by atoms with Crippen LogP contribution in [0.3, 0.4) is 0 Å². The van der Waals surface area contributed by atoms with Gasteiger partial charge in [0.15, 0.2) is 6.29 Å². The van der Waals surface area contributed by atoms with Gasteiger partial charge < -0.3 is 5.73 Å². The number of alkyl halides is 2. The van der Waals surface area contributed by atoms with Crippen LogP contribution in [0.25, 0.3) is 0 Å². The number of nitrogen functional groups attached to an aromatic ring is 1. The third kappa shape index (κ3) is 1.82. The van der Waals surface area contributed by atoms with Gasteiger partial charge in [0.25, 0.3) is 6.43 Å². The van der Waals surface area contributed by atoms with Crippen molar-refractivity contribution >= 4 is 27.9 Å². The average molecular weight is 251 g/mol. The quantitative estimate of drug-likeness (QED) is 0.819. The first-order chi connectivity index (χ1) is 6.07. The Morgan fingerprint density at radius 3 is 2.69 bits per heavy atom. The summed E-state index contributed by atoms with van der Waals surface area (Å²) in [4.78, 5) is 13.7. The van der Waals surface area contributed by atoms with E-state index >= 15 is 0 Å². The van der Waals surface area contributed by atoms with E-state index in [1.54, 1.807) is 0 Å². The number of nitrogens with two attached hydrogens (primary N) is 1. The molecule has 0 radical (unpaired) electrons. The Morgan fingerprint density at radius 2 is 2.23 bits per heavy atom. The molecule has 1 aromatic rings. The van der Waals surface area contributed by atoms with Crippen LogP contribution in [0.15, 0.2) is 10.7 Å². The number of rotatable bonds is 2. The fourth-order valence-corrected chi connectivity index (χ4v) is 1.28. The number of nitrogens with zero attached hydrogens (tertiary/aromatic N) is 1. The zero-order valence-corrected chi connectivity index (χ0v) is 7.88. The highest BCUT2D eigenvalue weighted by Crippen LogP contribution is 2.31. The number of halogens is 3. The molecule has 6 heteroatoms. The SMILES string of the molecule is Nc1c(C=O)cnc(C(F)F)c1Br. The van der Waals surface area contributed by atoms with Crippen molar-refractivity contribution < 1.29 is 13.6 Å². The second-order valence-electron chi connectivity index (χ2n) is 2.24. The molecule has 1 aromatic heterocycles. The Labute approximate surface area is 81.1 Å². The summed E-state index contributed by atoms with van der Waals surface area (Å²) in [6.45, 7) is 0. The molecule has 0 aliphatic heterocycles. The molecular formula is C7H5BrF2N2O. The Morgan fingerprint density at radius 1 is 1.62 bits per heavy atom. The first kappa shape index (κ1) is 10.0. The lowest BCUT2D eigenvalue weighted by Crippen LogP contribution is -2.01. The molecule has 1 heterocycles. The van der Waals surface area contributed by atoms with Crippen LogP contribution in [0.5, 0.6) is 0 Å². The van der Waals surface area contributed by atoms with Crippen LogP contribution >= 0.6 is 15.9 Å². The molecule has 0 bridgehead atoms. The van der Waals surface area contributed by atoms with E-state index in [4.69, 9.17) is 5.73 Å². The van der Waals surface area contributed by atoms with E-state index < -0.39 is 12.1 Å². The van der Waals surface area contributed by atoms with Gasteiger partial charge in [-0.2, -0.15) is 0 Å². The molecule has 70 valence electrons. The number of hydrogen-bond donors (Lipinski definition) is 1. The van der Waals surface area contributed by atoms with Crippen molar-refractivity contribution in [1.29, 1.82) is 0 Å². The summed E-state index contributed by atoms with van der Waals surface area (Å²) in [5.41, 5.74) is 5.00. The lowest BCUT2D eigenvalue weighted by molar-refractivity contribution is 0.112. The van der Waals surface area contributed by atoms with Crippen molar-refractivity contribution in [2.45, 2.75) is 6.43 Å². The molecule has 0 aliphatic carbocycles. The van der Waals surface area contributed by atoms with Crippen LogP contribution in [0.4, 0.5) is 14.5 Å². The molecule has 2 N–H and O–H groups in total. The highest BCUT2D eigenvalue weighted by atomic mass is 79.9. The number of carbonyl (C=O) groups excluding carboxylic acids is 1. The monoisotopic (exact) mass is 250 g/mol. The number of aldehydes is 1. The van der Waals surface area contributed by atoms with Gasteiger partial charge in [-0.15, -0.1) is 0 Å². The van der Waals surface area contributed by atoms with Gasteiger partial charge in [-0.05, 0) is 15.9 Å².